The molecule has 1 fully saturated rings. The van der Waals surface area contributed by atoms with Crippen LogP contribution in [0.2, 0.25) is 0 Å². The number of hydrogen-bond donors (Lipinski definition) is 1. The minimum absolute atomic E-state index is 0.0491. The zero-order valence-corrected chi connectivity index (χ0v) is 12.1. The lowest BCUT2D eigenvalue weighted by Gasteiger charge is -2.40. The molecule has 20 heavy (non-hydrogen) atoms. The quantitative estimate of drug-likeness (QED) is 0.899. The fourth-order valence-electron chi connectivity index (χ4n) is 3.20. The predicted octanol–water partition coefficient (Wildman–Crippen LogP) is 3.47. The number of piperidine rings is 1. The third kappa shape index (κ3) is 3.38. The second-order valence-corrected chi connectivity index (χ2v) is 5.97. The normalized spacial score (nSPS) is 26.8. The van der Waals surface area contributed by atoms with Crippen molar-refractivity contribution in [2.24, 2.45) is 0 Å². The zero-order valence-electron chi connectivity index (χ0n) is 12.1. The molecule has 1 aliphatic carbocycles. The van der Waals surface area contributed by atoms with Crippen LogP contribution in [0.1, 0.15) is 31.2 Å². The highest BCUT2D eigenvalue weighted by Gasteiger charge is 2.29. The number of hydrogen-bond acceptors (Lipinski definition) is 2. The number of nitrogens with one attached hydrogen (secondary N) is 1. The number of benzene rings is 1. The summed E-state index contributed by atoms with van der Waals surface area (Å²) >= 11 is 0. The average Bonchev–Trinajstić information content (AvgIpc) is 2.50. The van der Waals surface area contributed by atoms with Gasteiger partial charge in [0.15, 0.2) is 0 Å². The van der Waals surface area contributed by atoms with Crippen LogP contribution in [0.15, 0.2) is 54.6 Å². The molecule has 2 aliphatic rings. The highest BCUT2D eigenvalue weighted by Crippen LogP contribution is 2.24. The number of hydrazine groups is 1. The van der Waals surface area contributed by atoms with Gasteiger partial charge in [-0.2, -0.15) is 0 Å². The first-order chi connectivity index (χ1) is 9.86. The van der Waals surface area contributed by atoms with Crippen LogP contribution in [0.3, 0.4) is 0 Å². The smallest absolute Gasteiger partial charge is 0.0582 e. The first kappa shape index (κ1) is 13.6. The highest BCUT2D eigenvalue weighted by atomic mass is 15.5. The van der Waals surface area contributed by atoms with Gasteiger partial charge in [-0.25, -0.2) is 10.4 Å². The van der Waals surface area contributed by atoms with E-state index in [0.717, 1.165) is 12.8 Å². The van der Waals surface area contributed by atoms with Gasteiger partial charge in [-0.3, -0.25) is 0 Å². The molecule has 1 N–H and O–H groups in total. The minimum atomic E-state index is 0.0491. The van der Waals surface area contributed by atoms with Gasteiger partial charge in [-0.05, 0) is 31.2 Å². The van der Waals surface area contributed by atoms with Crippen LogP contribution < -0.4 is 5.43 Å². The van der Waals surface area contributed by atoms with E-state index in [1.165, 1.54) is 37.9 Å². The maximum Gasteiger partial charge on any atom is 0.0582 e. The fourth-order valence-corrected chi connectivity index (χ4v) is 3.20. The molecule has 2 heteroatoms. The molecule has 106 valence electrons. The Labute approximate surface area is 122 Å². The molecule has 1 heterocycles. The van der Waals surface area contributed by atoms with Gasteiger partial charge >= 0.3 is 0 Å². The molecule has 0 bridgehead atoms. The minimum Gasteiger partial charge on any atom is -0.245 e. The van der Waals surface area contributed by atoms with E-state index in [1.807, 2.05) is 0 Å². The molecular formula is C18H24N2. The molecule has 0 spiro atoms. The molecule has 0 saturated carbocycles. The summed E-state index contributed by atoms with van der Waals surface area (Å²) in [6.07, 6.45) is 15.1. The Morgan fingerprint density at radius 2 is 1.80 bits per heavy atom. The van der Waals surface area contributed by atoms with Gasteiger partial charge in [0, 0.05) is 13.1 Å². The van der Waals surface area contributed by atoms with Crippen molar-refractivity contribution in [3.63, 3.8) is 0 Å². The molecular weight excluding hydrogens is 244 g/mol. The predicted molar refractivity (Wildman–Crippen MR) is 84.3 cm³/mol. The molecule has 1 aromatic carbocycles. The summed E-state index contributed by atoms with van der Waals surface area (Å²) in [6, 6.07) is 10.8. The second-order valence-electron chi connectivity index (χ2n) is 5.97. The van der Waals surface area contributed by atoms with Crippen molar-refractivity contribution >= 4 is 0 Å². The monoisotopic (exact) mass is 268 g/mol. The first-order valence-electron chi connectivity index (χ1n) is 7.77. The van der Waals surface area contributed by atoms with E-state index in [0.29, 0.717) is 0 Å². The SMILES string of the molecule is C1=CCC(Cc2ccccc2)(NN2CCCCC2)C=C1. The highest BCUT2D eigenvalue weighted by molar-refractivity contribution is 5.27. The van der Waals surface area contributed by atoms with Gasteiger partial charge in [0.05, 0.1) is 5.54 Å². The summed E-state index contributed by atoms with van der Waals surface area (Å²) in [5, 5.41) is 2.43. The van der Waals surface area contributed by atoms with Crippen LogP contribution in [0, 0.1) is 0 Å². The Kier molecular flexibility index (Phi) is 4.34. The second kappa shape index (κ2) is 6.38. The molecule has 1 aliphatic heterocycles. The van der Waals surface area contributed by atoms with Gasteiger partial charge in [0.25, 0.3) is 0 Å². The van der Waals surface area contributed by atoms with Crippen molar-refractivity contribution < 1.29 is 0 Å². The van der Waals surface area contributed by atoms with Crippen LogP contribution in [-0.4, -0.2) is 23.6 Å². The first-order valence-corrected chi connectivity index (χ1v) is 7.77. The van der Waals surface area contributed by atoms with Gasteiger partial charge in [0.2, 0.25) is 0 Å². The molecule has 2 nitrogen and oxygen atoms in total. The van der Waals surface area contributed by atoms with Crippen LogP contribution in [-0.2, 0) is 6.42 Å². The van der Waals surface area contributed by atoms with Crippen molar-refractivity contribution in [1.82, 2.24) is 10.4 Å². The Morgan fingerprint density at radius 1 is 1.00 bits per heavy atom. The van der Waals surface area contributed by atoms with Gasteiger partial charge in [-0.1, -0.05) is 61.1 Å². The molecule has 1 saturated heterocycles. The zero-order chi connectivity index (χ0) is 13.7. The molecule has 1 aromatic rings. The number of rotatable bonds is 4. The Balaban J connectivity index is 1.74. The van der Waals surface area contributed by atoms with E-state index >= 15 is 0 Å². The van der Waals surface area contributed by atoms with Gasteiger partial charge in [0.1, 0.15) is 0 Å². The van der Waals surface area contributed by atoms with Crippen molar-refractivity contribution in [3.8, 4) is 0 Å². The molecule has 1 unspecified atom stereocenters. The van der Waals surface area contributed by atoms with E-state index in [-0.39, 0.29) is 5.54 Å². The summed E-state index contributed by atoms with van der Waals surface area (Å²) in [4.78, 5) is 0. The van der Waals surface area contributed by atoms with Crippen LogP contribution in [0.4, 0.5) is 0 Å². The summed E-state index contributed by atoms with van der Waals surface area (Å²) < 4.78 is 0. The maximum atomic E-state index is 3.82. The number of nitrogens with zero attached hydrogens (tertiary/aromatic N) is 1. The average molecular weight is 268 g/mol. The van der Waals surface area contributed by atoms with Gasteiger partial charge in [-0.15, -0.1) is 0 Å². The summed E-state index contributed by atoms with van der Waals surface area (Å²) in [5.74, 6) is 0. The Bertz CT molecular complexity index is 471. The molecule has 1 atom stereocenters. The van der Waals surface area contributed by atoms with Crippen LogP contribution in [0.25, 0.3) is 0 Å². The number of allylic oxidation sites excluding steroid dienone is 2. The maximum absolute atomic E-state index is 3.82. The largest absolute Gasteiger partial charge is 0.245 e. The summed E-state index contributed by atoms with van der Waals surface area (Å²) in [7, 11) is 0. The molecule has 3 rings (SSSR count). The van der Waals surface area contributed by atoms with Gasteiger partial charge < -0.3 is 0 Å². The van der Waals surface area contributed by atoms with Crippen LogP contribution in [0.5, 0.6) is 0 Å². The molecule has 0 amide bonds. The summed E-state index contributed by atoms with van der Waals surface area (Å²) in [5.41, 5.74) is 5.26. The summed E-state index contributed by atoms with van der Waals surface area (Å²) in [6.45, 7) is 2.35. The standard InChI is InChI=1S/C18H24N2/c1-4-10-17(11-5-1)16-18(12-6-2-7-13-18)19-20-14-8-3-9-15-20/h1-2,4-7,10-12,19H,3,8-9,13-16H2. The lowest BCUT2D eigenvalue weighted by atomic mass is 9.85. The van der Waals surface area contributed by atoms with Crippen molar-refractivity contribution in [2.75, 3.05) is 13.1 Å². The lowest BCUT2D eigenvalue weighted by molar-refractivity contribution is 0.100. The Hall–Kier alpha value is -1.38. The van der Waals surface area contributed by atoms with E-state index in [1.54, 1.807) is 0 Å². The molecule has 0 radical (unpaired) electrons. The fraction of sp³-hybridized carbons (Fsp3) is 0.444. The van der Waals surface area contributed by atoms with Crippen molar-refractivity contribution in [1.29, 1.82) is 0 Å². The third-order valence-electron chi connectivity index (χ3n) is 4.24. The van der Waals surface area contributed by atoms with E-state index in [9.17, 15) is 0 Å². The van der Waals surface area contributed by atoms with Crippen molar-refractivity contribution in [2.45, 2.75) is 37.6 Å². The van der Waals surface area contributed by atoms with E-state index < -0.39 is 0 Å². The molecule has 0 aromatic heterocycles. The van der Waals surface area contributed by atoms with Crippen molar-refractivity contribution in [3.05, 3.63) is 60.2 Å². The Morgan fingerprint density at radius 3 is 2.50 bits per heavy atom. The topological polar surface area (TPSA) is 15.3 Å². The van der Waals surface area contributed by atoms with E-state index in [2.05, 4.69) is 65.1 Å². The van der Waals surface area contributed by atoms with Crippen LogP contribution >= 0.6 is 0 Å². The third-order valence-corrected chi connectivity index (χ3v) is 4.24. The van der Waals surface area contributed by atoms with E-state index in [4.69, 9.17) is 0 Å². The lowest BCUT2D eigenvalue weighted by Crippen LogP contribution is -2.56.